The molecule has 0 spiro atoms. The van der Waals surface area contributed by atoms with Gasteiger partial charge in [-0.3, -0.25) is 9.59 Å². The molecular formula is C25H25N3O5. The number of carbonyl (C=O) groups is 2. The number of aromatic amines is 1. The van der Waals surface area contributed by atoms with Crippen molar-refractivity contribution in [2.45, 2.75) is 19.8 Å². The molecule has 0 saturated carbocycles. The summed E-state index contributed by atoms with van der Waals surface area (Å²) >= 11 is 0. The van der Waals surface area contributed by atoms with E-state index in [1.165, 1.54) is 7.11 Å². The summed E-state index contributed by atoms with van der Waals surface area (Å²) in [5.41, 5.74) is 3.08. The first-order valence-corrected chi connectivity index (χ1v) is 10.7. The van der Waals surface area contributed by atoms with E-state index in [0.29, 0.717) is 54.0 Å². The number of esters is 1. The lowest BCUT2D eigenvalue weighted by atomic mass is 9.96. The molecule has 2 heterocycles. The zero-order valence-electron chi connectivity index (χ0n) is 18.5. The molecule has 2 aromatic carbocycles. The molecule has 0 atom stereocenters. The molecule has 0 unspecified atom stereocenters. The molecule has 170 valence electrons. The van der Waals surface area contributed by atoms with Crippen molar-refractivity contribution < 1.29 is 19.4 Å². The van der Waals surface area contributed by atoms with Crippen molar-refractivity contribution in [2.75, 3.05) is 20.2 Å². The molecule has 1 fully saturated rings. The Hall–Kier alpha value is -3.94. The Kier molecular flexibility index (Phi) is 6.26. The van der Waals surface area contributed by atoms with Gasteiger partial charge in [-0.15, -0.1) is 0 Å². The topological polar surface area (TPSA) is 113 Å². The summed E-state index contributed by atoms with van der Waals surface area (Å²) in [5.74, 6) is -0.353. The van der Waals surface area contributed by atoms with Crippen molar-refractivity contribution in [1.29, 1.82) is 0 Å². The van der Waals surface area contributed by atoms with Crippen LogP contribution in [0.25, 0.3) is 22.5 Å². The zero-order chi connectivity index (χ0) is 23.5. The van der Waals surface area contributed by atoms with Crippen LogP contribution >= 0.6 is 0 Å². The molecule has 8 heteroatoms. The van der Waals surface area contributed by atoms with Gasteiger partial charge in [0.2, 0.25) is 0 Å². The van der Waals surface area contributed by atoms with Crippen LogP contribution in [0, 0.1) is 12.8 Å². The Morgan fingerprint density at radius 1 is 1.09 bits per heavy atom. The Bertz CT molecular complexity index is 1260. The van der Waals surface area contributed by atoms with Crippen LogP contribution in [0.1, 0.15) is 28.8 Å². The van der Waals surface area contributed by atoms with Gasteiger partial charge < -0.3 is 19.7 Å². The lowest BCUT2D eigenvalue weighted by molar-refractivity contribution is -0.146. The van der Waals surface area contributed by atoms with Crippen molar-refractivity contribution in [2.24, 2.45) is 5.92 Å². The van der Waals surface area contributed by atoms with Crippen molar-refractivity contribution in [3.63, 3.8) is 0 Å². The number of nitrogens with zero attached hydrogens (tertiary/aromatic N) is 2. The summed E-state index contributed by atoms with van der Waals surface area (Å²) < 4.78 is 4.81. The minimum atomic E-state index is -0.505. The molecule has 1 saturated heterocycles. The fraction of sp³-hybridized carbons (Fsp3) is 0.280. The number of nitrogens with one attached hydrogen (secondary N) is 1. The van der Waals surface area contributed by atoms with E-state index in [9.17, 15) is 19.5 Å². The number of aromatic nitrogens is 2. The van der Waals surface area contributed by atoms with Gasteiger partial charge in [0.1, 0.15) is 5.75 Å². The summed E-state index contributed by atoms with van der Waals surface area (Å²) in [6, 6.07) is 13.8. The highest BCUT2D eigenvalue weighted by atomic mass is 16.5. The van der Waals surface area contributed by atoms with E-state index in [-0.39, 0.29) is 23.5 Å². The number of methoxy groups -OCH3 is 1. The summed E-state index contributed by atoms with van der Waals surface area (Å²) in [6.45, 7) is 2.75. The van der Waals surface area contributed by atoms with Crippen LogP contribution < -0.4 is 5.69 Å². The molecule has 0 radical (unpaired) electrons. The molecule has 1 amide bonds. The maximum atomic E-state index is 13.1. The number of rotatable bonds is 4. The number of hydrogen-bond acceptors (Lipinski definition) is 6. The first-order chi connectivity index (χ1) is 15.9. The van der Waals surface area contributed by atoms with Gasteiger partial charge in [0, 0.05) is 24.2 Å². The lowest BCUT2D eigenvalue weighted by Gasteiger charge is -2.30. The maximum absolute atomic E-state index is 13.1. The highest BCUT2D eigenvalue weighted by Gasteiger charge is 2.28. The third-order valence-corrected chi connectivity index (χ3v) is 5.97. The number of ether oxygens (including phenoxy) is 1. The molecule has 4 rings (SSSR count). The number of benzene rings is 2. The van der Waals surface area contributed by atoms with Gasteiger partial charge in [-0.25, -0.2) is 4.79 Å². The summed E-state index contributed by atoms with van der Waals surface area (Å²) in [7, 11) is 1.38. The van der Waals surface area contributed by atoms with Crippen LogP contribution in [0.5, 0.6) is 5.75 Å². The number of hydrogen-bond donors (Lipinski definition) is 2. The number of carbonyl (C=O) groups excluding carboxylic acids is 2. The molecular weight excluding hydrogens is 422 g/mol. The molecule has 3 aromatic rings. The van der Waals surface area contributed by atoms with E-state index in [4.69, 9.17) is 4.74 Å². The third kappa shape index (κ3) is 4.79. The average Bonchev–Trinajstić information content (AvgIpc) is 2.84. The molecule has 2 N–H and O–H groups in total. The lowest BCUT2D eigenvalue weighted by Crippen LogP contribution is -2.40. The van der Waals surface area contributed by atoms with E-state index < -0.39 is 5.69 Å². The van der Waals surface area contributed by atoms with E-state index >= 15 is 0 Å². The molecule has 1 aliphatic heterocycles. The van der Waals surface area contributed by atoms with Gasteiger partial charge in [0.15, 0.2) is 0 Å². The summed E-state index contributed by atoms with van der Waals surface area (Å²) in [5, 5.41) is 9.78. The average molecular weight is 447 g/mol. The second-order valence-electron chi connectivity index (χ2n) is 8.16. The first-order valence-electron chi connectivity index (χ1n) is 10.7. The van der Waals surface area contributed by atoms with Crippen LogP contribution in [0.15, 0.2) is 53.3 Å². The van der Waals surface area contributed by atoms with Crippen molar-refractivity contribution in [1.82, 2.24) is 14.9 Å². The van der Waals surface area contributed by atoms with Crippen molar-refractivity contribution in [3.05, 3.63) is 70.1 Å². The van der Waals surface area contributed by atoms with Crippen LogP contribution in [-0.2, 0) is 9.53 Å². The van der Waals surface area contributed by atoms with Crippen molar-refractivity contribution >= 4 is 11.9 Å². The fourth-order valence-corrected chi connectivity index (χ4v) is 4.06. The van der Waals surface area contributed by atoms with Crippen LogP contribution in [0.3, 0.4) is 0 Å². The highest BCUT2D eigenvalue weighted by Crippen LogP contribution is 2.27. The van der Waals surface area contributed by atoms with Gasteiger partial charge in [0.25, 0.3) is 5.91 Å². The van der Waals surface area contributed by atoms with E-state index in [0.717, 1.165) is 5.56 Å². The molecule has 1 aromatic heterocycles. The predicted octanol–water partition coefficient (Wildman–Crippen LogP) is 3.14. The Morgan fingerprint density at radius 2 is 1.85 bits per heavy atom. The molecule has 33 heavy (non-hydrogen) atoms. The van der Waals surface area contributed by atoms with Crippen LogP contribution in [0.2, 0.25) is 0 Å². The SMILES string of the molecule is COC(=O)C1CCN(C(=O)c2cccc(-c3cc(-c4ccc(O)c(C)c4)[nH]c(=O)n3)c2)CC1. The Morgan fingerprint density at radius 3 is 2.55 bits per heavy atom. The van der Waals surface area contributed by atoms with E-state index in [1.54, 1.807) is 60.4 Å². The number of phenolic OH excluding ortho intramolecular Hbond substituents is 1. The summed E-state index contributed by atoms with van der Waals surface area (Å²) in [4.78, 5) is 45.6. The molecule has 8 nitrogen and oxygen atoms in total. The van der Waals surface area contributed by atoms with Crippen LogP contribution in [0.4, 0.5) is 0 Å². The smallest absolute Gasteiger partial charge is 0.345 e. The second kappa shape index (κ2) is 9.28. The number of likely N-dealkylation sites (tertiary alicyclic amines) is 1. The minimum Gasteiger partial charge on any atom is -0.508 e. The zero-order valence-corrected chi connectivity index (χ0v) is 18.5. The normalized spacial score (nSPS) is 14.2. The van der Waals surface area contributed by atoms with Gasteiger partial charge in [0.05, 0.1) is 24.4 Å². The quantitative estimate of drug-likeness (QED) is 0.594. The van der Waals surface area contributed by atoms with Crippen molar-refractivity contribution in [3.8, 4) is 28.3 Å². The number of aryl methyl sites for hydroxylation is 1. The number of aromatic hydroxyl groups is 1. The maximum Gasteiger partial charge on any atom is 0.345 e. The molecule has 1 aliphatic rings. The Balaban J connectivity index is 1.58. The number of piperidine rings is 1. The van der Waals surface area contributed by atoms with Gasteiger partial charge in [-0.2, -0.15) is 4.98 Å². The monoisotopic (exact) mass is 447 g/mol. The standard InChI is InChI=1S/C25H25N3O5/c1-15-12-18(6-7-22(15)29)21-14-20(26-25(32)27-21)17-4-3-5-19(13-17)23(30)28-10-8-16(9-11-28)24(31)33-2/h3-7,12-14,16,29H,8-11H2,1-2H3,(H,26,27,32). The molecule has 0 bridgehead atoms. The first kappa shape index (κ1) is 22.3. The highest BCUT2D eigenvalue weighted by molar-refractivity contribution is 5.95. The largest absolute Gasteiger partial charge is 0.508 e. The summed E-state index contributed by atoms with van der Waals surface area (Å²) in [6.07, 6.45) is 1.15. The number of phenols is 1. The van der Waals surface area contributed by atoms with Gasteiger partial charge >= 0.3 is 11.7 Å². The van der Waals surface area contributed by atoms with Crippen LogP contribution in [-0.4, -0.2) is 52.1 Å². The molecule has 0 aliphatic carbocycles. The predicted molar refractivity (Wildman–Crippen MR) is 123 cm³/mol. The number of amides is 1. The van der Waals surface area contributed by atoms with E-state index in [2.05, 4.69) is 9.97 Å². The number of H-pyrrole nitrogens is 1. The van der Waals surface area contributed by atoms with E-state index in [1.807, 2.05) is 0 Å². The fourth-order valence-electron chi connectivity index (χ4n) is 4.06. The Labute approximate surface area is 190 Å². The second-order valence-corrected chi connectivity index (χ2v) is 8.16. The van der Waals surface area contributed by atoms with Gasteiger partial charge in [-0.05, 0) is 67.3 Å². The minimum absolute atomic E-state index is 0.126. The third-order valence-electron chi connectivity index (χ3n) is 5.97. The van der Waals surface area contributed by atoms with Gasteiger partial charge in [-0.1, -0.05) is 12.1 Å².